The van der Waals surface area contributed by atoms with Crippen LogP contribution in [0.2, 0.25) is 0 Å². The van der Waals surface area contributed by atoms with Gasteiger partial charge in [-0.05, 0) is 31.0 Å². The van der Waals surface area contributed by atoms with Crippen molar-refractivity contribution < 1.29 is 9.53 Å². The van der Waals surface area contributed by atoms with E-state index in [9.17, 15) is 4.79 Å². The highest BCUT2D eigenvalue weighted by Gasteiger charge is 2.09. The van der Waals surface area contributed by atoms with Crippen molar-refractivity contribution in [2.24, 2.45) is 0 Å². The van der Waals surface area contributed by atoms with Crippen molar-refractivity contribution in [1.29, 1.82) is 0 Å². The Morgan fingerprint density at radius 2 is 2.25 bits per heavy atom. The molecule has 0 aliphatic rings. The zero-order chi connectivity index (χ0) is 12.0. The molecule has 0 aliphatic heterocycles. The number of hydrogen-bond acceptors (Lipinski definition) is 2. The molecule has 0 saturated carbocycles. The highest BCUT2D eigenvalue weighted by Crippen LogP contribution is 2.13. The number of benzene rings is 1. The van der Waals surface area contributed by atoms with E-state index in [1.165, 1.54) is 0 Å². The molecule has 16 heavy (non-hydrogen) atoms. The molecular formula is C14H16O2. The van der Waals surface area contributed by atoms with Gasteiger partial charge in [0.15, 0.2) is 0 Å². The molecule has 0 aromatic heterocycles. The number of allylic oxidation sites excluding steroid dienone is 2. The zero-order valence-corrected chi connectivity index (χ0v) is 9.69. The molecule has 0 spiro atoms. The SMILES string of the molecule is C=C/C=C\c1ccc(C)c(C(=O)OCC)c1. The number of hydrogen-bond donors (Lipinski definition) is 0. The van der Waals surface area contributed by atoms with E-state index in [1.54, 1.807) is 13.0 Å². The van der Waals surface area contributed by atoms with E-state index in [4.69, 9.17) is 4.74 Å². The summed E-state index contributed by atoms with van der Waals surface area (Å²) >= 11 is 0. The molecule has 0 saturated heterocycles. The Labute approximate surface area is 96.2 Å². The van der Waals surface area contributed by atoms with Crippen LogP contribution in [-0.4, -0.2) is 12.6 Å². The van der Waals surface area contributed by atoms with Crippen LogP contribution in [0.1, 0.15) is 28.4 Å². The molecule has 0 N–H and O–H groups in total. The summed E-state index contributed by atoms with van der Waals surface area (Å²) in [7, 11) is 0. The molecule has 0 amide bonds. The smallest absolute Gasteiger partial charge is 0.338 e. The number of aryl methyl sites for hydroxylation is 1. The van der Waals surface area contributed by atoms with Gasteiger partial charge in [0.05, 0.1) is 12.2 Å². The van der Waals surface area contributed by atoms with E-state index >= 15 is 0 Å². The van der Waals surface area contributed by atoms with Crippen LogP contribution in [0, 0.1) is 6.92 Å². The summed E-state index contributed by atoms with van der Waals surface area (Å²) in [5.41, 5.74) is 2.51. The van der Waals surface area contributed by atoms with Gasteiger partial charge in [-0.3, -0.25) is 0 Å². The number of carbonyl (C=O) groups excluding carboxylic acids is 1. The van der Waals surface area contributed by atoms with Gasteiger partial charge in [0.25, 0.3) is 0 Å². The maximum atomic E-state index is 11.6. The van der Waals surface area contributed by atoms with Crippen LogP contribution in [0.4, 0.5) is 0 Å². The van der Waals surface area contributed by atoms with E-state index in [-0.39, 0.29) is 5.97 Å². The van der Waals surface area contributed by atoms with Crippen molar-refractivity contribution in [3.63, 3.8) is 0 Å². The Hall–Kier alpha value is -1.83. The molecule has 1 aromatic carbocycles. The fourth-order valence-electron chi connectivity index (χ4n) is 1.35. The first-order chi connectivity index (χ1) is 7.69. The largest absolute Gasteiger partial charge is 0.462 e. The number of carbonyl (C=O) groups is 1. The Morgan fingerprint density at radius 1 is 1.50 bits per heavy atom. The van der Waals surface area contributed by atoms with Crippen LogP contribution in [-0.2, 0) is 4.74 Å². The normalized spacial score (nSPS) is 10.4. The summed E-state index contributed by atoms with van der Waals surface area (Å²) in [5, 5.41) is 0. The lowest BCUT2D eigenvalue weighted by atomic mass is 10.0. The van der Waals surface area contributed by atoms with Gasteiger partial charge in [-0.2, -0.15) is 0 Å². The van der Waals surface area contributed by atoms with Gasteiger partial charge < -0.3 is 4.74 Å². The standard InChI is InChI=1S/C14H16O2/c1-4-6-7-12-9-8-11(3)13(10-12)14(15)16-5-2/h4,6-10H,1,5H2,2-3H3/b7-6-. The van der Waals surface area contributed by atoms with Crippen molar-refractivity contribution in [2.45, 2.75) is 13.8 Å². The van der Waals surface area contributed by atoms with Gasteiger partial charge >= 0.3 is 5.97 Å². The molecule has 0 radical (unpaired) electrons. The third-order valence-electron chi connectivity index (χ3n) is 2.18. The predicted molar refractivity (Wildman–Crippen MR) is 66.4 cm³/mol. The van der Waals surface area contributed by atoms with E-state index < -0.39 is 0 Å². The molecule has 0 unspecified atom stereocenters. The first-order valence-corrected chi connectivity index (χ1v) is 5.26. The Kier molecular flexibility index (Phi) is 4.52. The van der Waals surface area contributed by atoms with Crippen LogP contribution in [0.5, 0.6) is 0 Å². The van der Waals surface area contributed by atoms with Gasteiger partial charge in [-0.15, -0.1) is 0 Å². The third kappa shape index (κ3) is 3.09. The summed E-state index contributed by atoms with van der Waals surface area (Å²) in [6.45, 7) is 7.69. The first-order valence-electron chi connectivity index (χ1n) is 5.26. The van der Waals surface area contributed by atoms with Crippen LogP contribution in [0.15, 0.2) is 36.9 Å². The molecule has 1 rings (SSSR count). The molecule has 0 bridgehead atoms. The molecule has 0 fully saturated rings. The maximum Gasteiger partial charge on any atom is 0.338 e. The van der Waals surface area contributed by atoms with Crippen molar-refractivity contribution in [1.82, 2.24) is 0 Å². The average molecular weight is 216 g/mol. The number of esters is 1. The maximum absolute atomic E-state index is 11.6. The average Bonchev–Trinajstić information content (AvgIpc) is 2.28. The first kappa shape index (κ1) is 12.2. The molecular weight excluding hydrogens is 200 g/mol. The lowest BCUT2D eigenvalue weighted by Gasteiger charge is -2.06. The van der Waals surface area contributed by atoms with Crippen molar-refractivity contribution >= 4 is 12.0 Å². The summed E-state index contributed by atoms with van der Waals surface area (Å²) in [6, 6.07) is 5.69. The highest BCUT2D eigenvalue weighted by molar-refractivity contribution is 5.91. The summed E-state index contributed by atoms with van der Waals surface area (Å²) in [4.78, 5) is 11.6. The fraction of sp³-hybridized carbons (Fsp3) is 0.214. The molecule has 0 heterocycles. The molecule has 84 valence electrons. The number of rotatable bonds is 4. The zero-order valence-electron chi connectivity index (χ0n) is 9.69. The molecule has 0 aliphatic carbocycles. The van der Waals surface area contributed by atoms with Gasteiger partial charge in [-0.25, -0.2) is 4.79 Å². The Morgan fingerprint density at radius 3 is 2.88 bits per heavy atom. The van der Waals surface area contributed by atoms with Crippen LogP contribution < -0.4 is 0 Å². The van der Waals surface area contributed by atoms with E-state index in [2.05, 4.69) is 6.58 Å². The minimum absolute atomic E-state index is 0.270. The second kappa shape index (κ2) is 5.91. The van der Waals surface area contributed by atoms with Crippen LogP contribution >= 0.6 is 0 Å². The third-order valence-corrected chi connectivity index (χ3v) is 2.18. The summed E-state index contributed by atoms with van der Waals surface area (Å²) < 4.78 is 4.99. The monoisotopic (exact) mass is 216 g/mol. The van der Waals surface area contributed by atoms with Crippen LogP contribution in [0.25, 0.3) is 6.08 Å². The second-order valence-corrected chi connectivity index (χ2v) is 3.39. The van der Waals surface area contributed by atoms with Crippen molar-refractivity contribution in [2.75, 3.05) is 6.61 Å². The highest BCUT2D eigenvalue weighted by atomic mass is 16.5. The van der Waals surface area contributed by atoms with E-state index in [0.29, 0.717) is 12.2 Å². The van der Waals surface area contributed by atoms with Gasteiger partial charge in [0.1, 0.15) is 0 Å². The number of ether oxygens (including phenoxy) is 1. The predicted octanol–water partition coefficient (Wildman–Crippen LogP) is 3.37. The lowest BCUT2D eigenvalue weighted by Crippen LogP contribution is -2.06. The quantitative estimate of drug-likeness (QED) is 0.569. The summed E-state index contributed by atoms with van der Waals surface area (Å²) in [5.74, 6) is -0.270. The Bertz CT molecular complexity index is 417. The van der Waals surface area contributed by atoms with Gasteiger partial charge in [-0.1, -0.05) is 36.9 Å². The topological polar surface area (TPSA) is 26.3 Å². The lowest BCUT2D eigenvalue weighted by molar-refractivity contribution is 0.0525. The minimum atomic E-state index is -0.270. The summed E-state index contributed by atoms with van der Waals surface area (Å²) in [6.07, 6.45) is 5.43. The van der Waals surface area contributed by atoms with Crippen molar-refractivity contribution in [3.8, 4) is 0 Å². The molecule has 2 nitrogen and oxygen atoms in total. The molecule has 0 atom stereocenters. The van der Waals surface area contributed by atoms with E-state index in [1.807, 2.05) is 37.3 Å². The fourth-order valence-corrected chi connectivity index (χ4v) is 1.35. The minimum Gasteiger partial charge on any atom is -0.462 e. The molecule has 1 aromatic rings. The van der Waals surface area contributed by atoms with Crippen LogP contribution in [0.3, 0.4) is 0 Å². The van der Waals surface area contributed by atoms with Gasteiger partial charge in [0.2, 0.25) is 0 Å². The van der Waals surface area contributed by atoms with Crippen molar-refractivity contribution in [3.05, 3.63) is 53.6 Å². The molecule has 2 heteroatoms. The van der Waals surface area contributed by atoms with E-state index in [0.717, 1.165) is 11.1 Å². The Balaban J connectivity index is 3.03. The van der Waals surface area contributed by atoms with Gasteiger partial charge in [0, 0.05) is 0 Å². The second-order valence-electron chi connectivity index (χ2n) is 3.39.